The fraction of sp³-hybridized carbons (Fsp3) is 0.667. The van der Waals surface area contributed by atoms with Gasteiger partial charge in [0.1, 0.15) is 6.17 Å². The summed E-state index contributed by atoms with van der Waals surface area (Å²) < 4.78 is 1.34. The van der Waals surface area contributed by atoms with E-state index in [0.29, 0.717) is 6.17 Å². The number of hydrogen-bond acceptors (Lipinski definition) is 2. The summed E-state index contributed by atoms with van der Waals surface area (Å²) >= 11 is 2.42. The van der Waals surface area contributed by atoms with Gasteiger partial charge in [0.15, 0.2) is 0 Å². The SMILES string of the molecule is C=CN1C=C(I)N(CCC)C1CCCC. The molecule has 0 saturated carbocycles. The first kappa shape index (κ1) is 12.9. The second-order valence-corrected chi connectivity index (χ2v) is 5.00. The van der Waals surface area contributed by atoms with Crippen LogP contribution in [0.25, 0.3) is 0 Å². The molecule has 0 spiro atoms. The molecule has 3 heteroatoms. The minimum Gasteiger partial charge on any atom is -0.345 e. The van der Waals surface area contributed by atoms with Gasteiger partial charge in [-0.25, -0.2) is 0 Å². The summed E-state index contributed by atoms with van der Waals surface area (Å²) in [6, 6.07) is 0. The average molecular weight is 320 g/mol. The highest BCUT2D eigenvalue weighted by Gasteiger charge is 2.27. The van der Waals surface area contributed by atoms with Gasteiger partial charge in [0, 0.05) is 12.7 Å². The van der Waals surface area contributed by atoms with Crippen LogP contribution in [0, 0.1) is 0 Å². The highest BCUT2D eigenvalue weighted by atomic mass is 127. The summed E-state index contributed by atoms with van der Waals surface area (Å²) in [7, 11) is 0. The average Bonchev–Trinajstić information content (AvgIpc) is 2.53. The highest BCUT2D eigenvalue weighted by molar-refractivity contribution is 14.1. The van der Waals surface area contributed by atoms with Crippen molar-refractivity contribution in [3.05, 3.63) is 22.7 Å². The molecule has 0 bridgehead atoms. The molecule has 2 nitrogen and oxygen atoms in total. The van der Waals surface area contributed by atoms with Crippen LogP contribution in [0.5, 0.6) is 0 Å². The lowest BCUT2D eigenvalue weighted by Gasteiger charge is -2.31. The molecule has 0 N–H and O–H groups in total. The van der Waals surface area contributed by atoms with E-state index < -0.39 is 0 Å². The highest BCUT2D eigenvalue weighted by Crippen LogP contribution is 2.30. The molecule has 86 valence electrons. The maximum atomic E-state index is 3.88. The number of unbranched alkanes of at least 4 members (excludes halogenated alkanes) is 1. The maximum Gasteiger partial charge on any atom is 0.106 e. The van der Waals surface area contributed by atoms with Gasteiger partial charge in [-0.1, -0.05) is 26.8 Å². The molecule has 0 aliphatic carbocycles. The summed E-state index contributed by atoms with van der Waals surface area (Å²) in [5, 5.41) is 0. The van der Waals surface area contributed by atoms with Gasteiger partial charge in [-0.3, -0.25) is 0 Å². The Balaban J connectivity index is 2.65. The monoisotopic (exact) mass is 320 g/mol. The molecule has 0 fully saturated rings. The van der Waals surface area contributed by atoms with E-state index in [2.05, 4.69) is 59.0 Å². The van der Waals surface area contributed by atoms with Crippen molar-refractivity contribution in [2.45, 2.75) is 45.7 Å². The van der Waals surface area contributed by atoms with Gasteiger partial charge in [0.25, 0.3) is 0 Å². The lowest BCUT2D eigenvalue weighted by molar-refractivity contribution is 0.176. The molecule has 1 aliphatic heterocycles. The molecule has 0 aromatic heterocycles. The summed E-state index contributed by atoms with van der Waals surface area (Å²) in [5.41, 5.74) is 0. The molecule has 1 aliphatic rings. The predicted octanol–water partition coefficient (Wildman–Crippen LogP) is 3.91. The third-order valence-corrected chi connectivity index (χ3v) is 3.62. The van der Waals surface area contributed by atoms with Crippen LogP contribution >= 0.6 is 22.6 Å². The molecule has 1 atom stereocenters. The quantitative estimate of drug-likeness (QED) is 0.541. The Morgan fingerprint density at radius 2 is 2.20 bits per heavy atom. The summed E-state index contributed by atoms with van der Waals surface area (Å²) in [6.07, 6.45) is 9.62. The molecule has 0 aromatic carbocycles. The Morgan fingerprint density at radius 1 is 1.47 bits per heavy atom. The van der Waals surface area contributed by atoms with Crippen molar-refractivity contribution >= 4 is 22.6 Å². The second kappa shape index (κ2) is 6.40. The van der Waals surface area contributed by atoms with Crippen LogP contribution in [0.2, 0.25) is 0 Å². The fourth-order valence-corrected chi connectivity index (χ4v) is 2.83. The minimum absolute atomic E-state index is 0.509. The predicted molar refractivity (Wildman–Crippen MR) is 74.4 cm³/mol. The third kappa shape index (κ3) is 3.13. The largest absolute Gasteiger partial charge is 0.345 e. The van der Waals surface area contributed by atoms with Crippen LogP contribution in [0.3, 0.4) is 0 Å². The van der Waals surface area contributed by atoms with Crippen molar-refractivity contribution in [3.8, 4) is 0 Å². The van der Waals surface area contributed by atoms with Crippen molar-refractivity contribution in [3.63, 3.8) is 0 Å². The van der Waals surface area contributed by atoms with Gasteiger partial charge < -0.3 is 9.80 Å². The zero-order valence-electron chi connectivity index (χ0n) is 9.75. The first-order valence-corrected chi connectivity index (χ1v) is 6.86. The van der Waals surface area contributed by atoms with Crippen molar-refractivity contribution in [1.82, 2.24) is 9.80 Å². The molecular weight excluding hydrogens is 299 g/mol. The minimum atomic E-state index is 0.509. The Labute approximate surface area is 107 Å². The summed E-state index contributed by atoms with van der Waals surface area (Å²) in [6.45, 7) is 9.51. The number of nitrogens with zero attached hydrogens (tertiary/aromatic N) is 2. The number of halogens is 1. The molecular formula is C12H21IN2. The Bertz CT molecular complexity index is 238. The van der Waals surface area contributed by atoms with Gasteiger partial charge >= 0.3 is 0 Å². The second-order valence-electron chi connectivity index (χ2n) is 3.90. The molecule has 1 heterocycles. The Morgan fingerprint density at radius 3 is 2.73 bits per heavy atom. The first-order chi connectivity index (χ1) is 7.24. The van der Waals surface area contributed by atoms with E-state index in [9.17, 15) is 0 Å². The van der Waals surface area contributed by atoms with E-state index >= 15 is 0 Å². The number of hydrogen-bond donors (Lipinski definition) is 0. The molecule has 0 radical (unpaired) electrons. The topological polar surface area (TPSA) is 6.48 Å². The van der Waals surface area contributed by atoms with Gasteiger partial charge in [0.05, 0.1) is 3.70 Å². The van der Waals surface area contributed by atoms with Gasteiger partial charge in [-0.2, -0.15) is 0 Å². The standard InChI is InChI=1S/C12H21IN2/c1-4-7-8-12-14(6-3)10-11(13)15(12)9-5-2/h6,10,12H,3-5,7-9H2,1-2H3. The van der Waals surface area contributed by atoms with Crippen LogP contribution in [0.1, 0.15) is 39.5 Å². The normalized spacial score (nSPS) is 20.7. The van der Waals surface area contributed by atoms with Gasteiger partial charge in [0.2, 0.25) is 0 Å². The molecule has 1 rings (SSSR count). The summed E-state index contributed by atoms with van der Waals surface area (Å²) in [5.74, 6) is 0. The van der Waals surface area contributed by atoms with Crippen molar-refractivity contribution in [2.24, 2.45) is 0 Å². The van der Waals surface area contributed by atoms with E-state index in [1.54, 1.807) is 0 Å². The molecule has 0 aromatic rings. The van der Waals surface area contributed by atoms with Crippen LogP contribution < -0.4 is 0 Å². The van der Waals surface area contributed by atoms with Gasteiger partial charge in [-0.05, 0) is 48.1 Å². The molecule has 1 unspecified atom stereocenters. The zero-order valence-corrected chi connectivity index (χ0v) is 11.9. The van der Waals surface area contributed by atoms with Crippen LogP contribution in [-0.2, 0) is 0 Å². The van der Waals surface area contributed by atoms with E-state index in [4.69, 9.17) is 0 Å². The maximum absolute atomic E-state index is 3.88. The number of rotatable bonds is 6. The Hall–Kier alpha value is -0.190. The fourth-order valence-electron chi connectivity index (χ4n) is 1.95. The Kier molecular flexibility index (Phi) is 5.50. The molecule has 0 saturated heterocycles. The lowest BCUT2D eigenvalue weighted by Crippen LogP contribution is -2.37. The van der Waals surface area contributed by atoms with Crippen molar-refractivity contribution in [1.29, 1.82) is 0 Å². The lowest BCUT2D eigenvalue weighted by atomic mass is 10.2. The van der Waals surface area contributed by atoms with E-state index in [1.807, 2.05) is 6.20 Å². The van der Waals surface area contributed by atoms with Crippen molar-refractivity contribution < 1.29 is 0 Å². The van der Waals surface area contributed by atoms with Gasteiger partial charge in [-0.15, -0.1) is 0 Å². The van der Waals surface area contributed by atoms with E-state index in [1.165, 1.54) is 29.4 Å². The van der Waals surface area contributed by atoms with Crippen LogP contribution in [-0.4, -0.2) is 22.5 Å². The smallest absolute Gasteiger partial charge is 0.106 e. The zero-order chi connectivity index (χ0) is 11.3. The molecule has 0 amide bonds. The van der Waals surface area contributed by atoms with Crippen LogP contribution in [0.4, 0.5) is 0 Å². The van der Waals surface area contributed by atoms with Crippen molar-refractivity contribution in [2.75, 3.05) is 6.54 Å². The third-order valence-electron chi connectivity index (χ3n) is 2.73. The first-order valence-electron chi connectivity index (χ1n) is 5.78. The van der Waals surface area contributed by atoms with E-state index in [0.717, 1.165) is 6.54 Å². The van der Waals surface area contributed by atoms with E-state index in [-0.39, 0.29) is 0 Å². The summed E-state index contributed by atoms with van der Waals surface area (Å²) in [4.78, 5) is 4.73. The molecule has 15 heavy (non-hydrogen) atoms. The van der Waals surface area contributed by atoms with Crippen LogP contribution in [0.15, 0.2) is 22.7 Å².